The molecule has 0 amide bonds. The summed E-state index contributed by atoms with van der Waals surface area (Å²) in [5.74, 6) is 1.11. The molecular formula is C23H24O4. The van der Waals surface area contributed by atoms with Crippen molar-refractivity contribution in [1.82, 2.24) is 0 Å². The van der Waals surface area contributed by atoms with Crippen LogP contribution in [0.15, 0.2) is 60.7 Å². The minimum absolute atomic E-state index is 0.0549. The highest BCUT2D eigenvalue weighted by atomic mass is 16.7. The number of allylic oxidation sites excluding steroid dienone is 1. The Hall–Kier alpha value is -2.56. The van der Waals surface area contributed by atoms with Gasteiger partial charge in [-0.3, -0.25) is 0 Å². The first kappa shape index (κ1) is 17.8. The van der Waals surface area contributed by atoms with Crippen LogP contribution in [0.25, 0.3) is 12.2 Å². The van der Waals surface area contributed by atoms with E-state index in [9.17, 15) is 5.11 Å². The van der Waals surface area contributed by atoms with Crippen LogP contribution in [0.2, 0.25) is 0 Å². The summed E-state index contributed by atoms with van der Waals surface area (Å²) < 4.78 is 17.5. The smallest absolute Gasteiger partial charge is 0.231 e. The first-order valence-electron chi connectivity index (χ1n) is 9.26. The van der Waals surface area contributed by atoms with Crippen LogP contribution in [0.3, 0.4) is 0 Å². The number of aliphatic hydroxyl groups excluding tert-OH is 1. The Morgan fingerprint density at radius 3 is 2.78 bits per heavy atom. The summed E-state index contributed by atoms with van der Waals surface area (Å²) >= 11 is 0. The van der Waals surface area contributed by atoms with Crippen LogP contribution in [0.5, 0.6) is 11.5 Å². The molecule has 2 aromatic carbocycles. The van der Waals surface area contributed by atoms with E-state index in [1.54, 1.807) is 7.11 Å². The Morgan fingerprint density at radius 2 is 2.00 bits per heavy atom. The number of hydrogen-bond acceptors (Lipinski definition) is 4. The van der Waals surface area contributed by atoms with Gasteiger partial charge in [-0.2, -0.15) is 0 Å². The van der Waals surface area contributed by atoms with Crippen molar-refractivity contribution in [3.05, 3.63) is 71.8 Å². The van der Waals surface area contributed by atoms with Gasteiger partial charge in [-0.1, -0.05) is 42.5 Å². The second-order valence-electron chi connectivity index (χ2n) is 7.04. The number of para-hydroxylation sites is 1. The van der Waals surface area contributed by atoms with E-state index in [0.717, 1.165) is 22.6 Å². The highest BCUT2D eigenvalue weighted by Gasteiger charge is 2.42. The highest BCUT2D eigenvalue weighted by molar-refractivity contribution is 5.60. The predicted octanol–water partition coefficient (Wildman–Crippen LogP) is 4.16. The molecule has 2 aliphatic heterocycles. The fourth-order valence-electron chi connectivity index (χ4n) is 3.62. The van der Waals surface area contributed by atoms with Gasteiger partial charge in [0, 0.05) is 24.5 Å². The normalized spacial score (nSPS) is 26.7. The quantitative estimate of drug-likeness (QED) is 0.885. The lowest BCUT2D eigenvalue weighted by Gasteiger charge is -2.43. The van der Waals surface area contributed by atoms with Crippen molar-refractivity contribution in [3.8, 4) is 11.5 Å². The van der Waals surface area contributed by atoms with Crippen molar-refractivity contribution in [2.45, 2.75) is 12.2 Å². The molecule has 2 heterocycles. The van der Waals surface area contributed by atoms with Crippen LogP contribution < -0.4 is 9.47 Å². The largest absolute Gasteiger partial charge is 0.497 e. The third kappa shape index (κ3) is 3.77. The zero-order chi connectivity index (χ0) is 18.7. The minimum atomic E-state index is -0.769. The molecule has 2 aromatic rings. The van der Waals surface area contributed by atoms with Crippen molar-refractivity contribution in [2.75, 3.05) is 20.3 Å². The standard InChI is InChI=1S/C23H24O4/c1-25-21-10-7-17(8-11-21)6-9-19-14-23(26-16-20(19)15-24)13-12-18-4-2-3-5-22(18)27-23/h2-13,19-20,24H,14-16H2,1H3/b9-6+. The van der Waals surface area contributed by atoms with Crippen LogP contribution in [0, 0.1) is 11.8 Å². The summed E-state index contributed by atoms with van der Waals surface area (Å²) in [4.78, 5) is 0. The molecule has 3 atom stereocenters. The Kier molecular flexibility index (Phi) is 5.01. The third-order valence-electron chi connectivity index (χ3n) is 5.27. The summed E-state index contributed by atoms with van der Waals surface area (Å²) in [6, 6.07) is 15.9. The number of rotatable bonds is 4. The molecule has 0 aromatic heterocycles. The van der Waals surface area contributed by atoms with Crippen LogP contribution >= 0.6 is 0 Å². The van der Waals surface area contributed by atoms with Gasteiger partial charge in [0.25, 0.3) is 0 Å². The summed E-state index contributed by atoms with van der Waals surface area (Å²) in [6.45, 7) is 0.550. The molecule has 1 spiro atoms. The molecule has 1 N–H and O–H groups in total. The zero-order valence-corrected chi connectivity index (χ0v) is 15.4. The molecule has 0 aliphatic carbocycles. The van der Waals surface area contributed by atoms with E-state index in [0.29, 0.717) is 13.0 Å². The van der Waals surface area contributed by atoms with E-state index in [1.165, 1.54) is 0 Å². The van der Waals surface area contributed by atoms with E-state index >= 15 is 0 Å². The van der Waals surface area contributed by atoms with E-state index in [-0.39, 0.29) is 18.4 Å². The van der Waals surface area contributed by atoms with Crippen molar-refractivity contribution >= 4 is 12.2 Å². The second kappa shape index (κ2) is 7.59. The molecule has 1 saturated heterocycles. The van der Waals surface area contributed by atoms with Crippen LogP contribution in [-0.2, 0) is 4.74 Å². The molecule has 140 valence electrons. The summed E-state index contributed by atoms with van der Waals surface area (Å²) in [5.41, 5.74) is 2.15. The Labute approximate surface area is 159 Å². The Balaban J connectivity index is 1.53. The zero-order valence-electron chi connectivity index (χ0n) is 15.4. The maximum absolute atomic E-state index is 9.78. The molecular weight excluding hydrogens is 340 g/mol. The average molecular weight is 364 g/mol. The van der Waals surface area contributed by atoms with Crippen LogP contribution in [0.1, 0.15) is 17.5 Å². The molecule has 2 aliphatic rings. The number of fused-ring (bicyclic) bond motifs is 1. The number of methoxy groups -OCH3 is 1. The van der Waals surface area contributed by atoms with Gasteiger partial charge in [-0.25, -0.2) is 0 Å². The fraction of sp³-hybridized carbons (Fsp3) is 0.304. The van der Waals surface area contributed by atoms with Crippen molar-refractivity contribution in [3.63, 3.8) is 0 Å². The Morgan fingerprint density at radius 1 is 1.19 bits per heavy atom. The number of aliphatic hydroxyl groups is 1. The molecule has 0 radical (unpaired) electrons. The number of hydrogen-bond donors (Lipinski definition) is 1. The van der Waals surface area contributed by atoms with Gasteiger partial charge in [0.2, 0.25) is 5.79 Å². The maximum atomic E-state index is 9.78. The number of ether oxygens (including phenoxy) is 3. The minimum Gasteiger partial charge on any atom is -0.497 e. The van der Waals surface area contributed by atoms with E-state index in [2.05, 4.69) is 18.2 Å². The first-order chi connectivity index (χ1) is 13.2. The fourth-order valence-corrected chi connectivity index (χ4v) is 3.62. The summed E-state index contributed by atoms with van der Waals surface area (Å²) in [7, 11) is 1.66. The van der Waals surface area contributed by atoms with E-state index < -0.39 is 5.79 Å². The topological polar surface area (TPSA) is 47.9 Å². The lowest BCUT2D eigenvalue weighted by Crippen LogP contribution is -2.48. The van der Waals surface area contributed by atoms with Gasteiger partial charge in [0.1, 0.15) is 11.5 Å². The highest BCUT2D eigenvalue weighted by Crippen LogP contribution is 2.41. The molecule has 4 rings (SSSR count). The summed E-state index contributed by atoms with van der Waals surface area (Å²) in [5, 5.41) is 9.78. The second-order valence-corrected chi connectivity index (χ2v) is 7.04. The molecule has 4 heteroatoms. The van der Waals surface area contributed by atoms with Crippen molar-refractivity contribution in [2.24, 2.45) is 11.8 Å². The van der Waals surface area contributed by atoms with E-state index in [4.69, 9.17) is 14.2 Å². The Bertz CT molecular complexity index is 840. The van der Waals surface area contributed by atoms with Gasteiger partial charge < -0.3 is 19.3 Å². The van der Waals surface area contributed by atoms with Gasteiger partial charge in [-0.15, -0.1) is 0 Å². The number of benzene rings is 2. The molecule has 0 bridgehead atoms. The van der Waals surface area contributed by atoms with Crippen LogP contribution in [0.4, 0.5) is 0 Å². The molecule has 1 fully saturated rings. The SMILES string of the molecule is COc1ccc(/C=C/C2CC3(C=Cc4ccccc4O3)OCC2CO)cc1. The molecule has 3 unspecified atom stereocenters. The van der Waals surface area contributed by atoms with Gasteiger partial charge in [-0.05, 0) is 41.8 Å². The molecule has 27 heavy (non-hydrogen) atoms. The third-order valence-corrected chi connectivity index (χ3v) is 5.27. The lowest BCUT2D eigenvalue weighted by atomic mass is 9.83. The lowest BCUT2D eigenvalue weighted by molar-refractivity contribution is -0.200. The van der Waals surface area contributed by atoms with Gasteiger partial charge in [0.15, 0.2) is 0 Å². The maximum Gasteiger partial charge on any atom is 0.231 e. The van der Waals surface area contributed by atoms with Crippen molar-refractivity contribution in [1.29, 1.82) is 0 Å². The van der Waals surface area contributed by atoms with E-state index in [1.807, 2.05) is 54.6 Å². The van der Waals surface area contributed by atoms with Gasteiger partial charge in [0.05, 0.1) is 13.7 Å². The summed E-state index contributed by atoms with van der Waals surface area (Å²) in [6.07, 6.45) is 8.96. The van der Waals surface area contributed by atoms with Gasteiger partial charge >= 0.3 is 0 Å². The monoisotopic (exact) mass is 364 g/mol. The molecule has 4 nitrogen and oxygen atoms in total. The van der Waals surface area contributed by atoms with Crippen LogP contribution in [-0.4, -0.2) is 31.2 Å². The average Bonchev–Trinajstić information content (AvgIpc) is 2.73. The van der Waals surface area contributed by atoms with Crippen molar-refractivity contribution < 1.29 is 19.3 Å². The molecule has 0 saturated carbocycles. The first-order valence-corrected chi connectivity index (χ1v) is 9.26. The predicted molar refractivity (Wildman–Crippen MR) is 105 cm³/mol.